The second-order valence-corrected chi connectivity index (χ2v) is 2.62. The summed E-state index contributed by atoms with van der Waals surface area (Å²) in [4.78, 5) is 0. The van der Waals surface area contributed by atoms with Crippen LogP contribution in [0.3, 0.4) is 0 Å². The van der Waals surface area contributed by atoms with E-state index >= 15 is 0 Å². The van der Waals surface area contributed by atoms with Gasteiger partial charge in [-0.3, -0.25) is 0 Å². The fourth-order valence-electron chi connectivity index (χ4n) is 0.0962. The molecule has 5 heavy (non-hydrogen) atoms. The summed E-state index contributed by atoms with van der Waals surface area (Å²) in [5, 5.41) is 1.000. The van der Waals surface area contributed by atoms with E-state index in [1.165, 1.54) is 5.75 Å². The summed E-state index contributed by atoms with van der Waals surface area (Å²) in [5.41, 5.74) is 0. The quantitative estimate of drug-likeness (QED) is 0.313. The second kappa shape index (κ2) is 2.51. The molecule has 1 fully saturated rings. The van der Waals surface area contributed by atoms with Crippen molar-refractivity contribution in [3.8, 4) is 0 Å². The molecule has 1 aliphatic heterocycles. The third kappa shape index (κ3) is 3.17. The molecule has 1 saturated heterocycles. The normalized spacial score (nSPS) is 31.8. The molecule has 0 aromatic rings. The molecule has 1 aliphatic rings. The Morgan fingerprint density at radius 2 is 2.00 bits per heavy atom. The van der Waals surface area contributed by atoms with Crippen molar-refractivity contribution in [2.75, 3.05) is 5.75 Å². The first-order valence-electron chi connectivity index (χ1n) is 1.51. The van der Waals surface area contributed by atoms with E-state index in [0.29, 0.717) is 0 Å². The number of hydrogen-bond donors (Lipinski definition) is 0. The Hall–Kier alpha value is 1.35. The van der Waals surface area contributed by atoms with Crippen LogP contribution >= 0.6 is 11.8 Å². The Morgan fingerprint density at radius 1 is 1.80 bits per heavy atom. The summed E-state index contributed by atoms with van der Waals surface area (Å²) in [6.07, 6.45) is 0. The van der Waals surface area contributed by atoms with E-state index in [1.54, 1.807) is 0 Å². The van der Waals surface area contributed by atoms with Crippen LogP contribution in [0.2, 0.25) is 0 Å². The van der Waals surface area contributed by atoms with Crippen molar-refractivity contribution in [2.24, 2.45) is 0 Å². The average molecular weight is 98.1 g/mol. The molecule has 0 aromatic heterocycles. The molecule has 26 valence electrons. The maximum absolute atomic E-state index is 2.24. The van der Waals surface area contributed by atoms with E-state index in [9.17, 15) is 0 Å². The summed E-state index contributed by atoms with van der Waals surface area (Å²) < 4.78 is 0. The molecule has 0 spiro atoms. The van der Waals surface area contributed by atoms with Gasteiger partial charge in [-0.2, -0.15) is 11.8 Å². The zero-order valence-electron chi connectivity index (χ0n) is 2.69. The van der Waals surface area contributed by atoms with Gasteiger partial charge in [0.1, 0.15) is 0 Å². The van der Waals surface area contributed by atoms with Crippen molar-refractivity contribution in [3.05, 3.63) is 0 Å². The van der Waals surface area contributed by atoms with Crippen LogP contribution < -0.4 is 0 Å². The van der Waals surface area contributed by atoms with Gasteiger partial charge in [-0.05, 0) is 0 Å². The summed E-state index contributed by atoms with van der Waals surface area (Å²) in [7, 11) is 0. The molecular weight excluding hydrogens is 91.1 g/mol. The zero-order valence-corrected chi connectivity index (χ0v) is 3.51. The predicted molar refractivity (Wildman–Crippen MR) is 29.1 cm³/mol. The molecule has 2 heteroatoms. The molecule has 0 amide bonds. The van der Waals surface area contributed by atoms with Crippen molar-refractivity contribution in [1.29, 1.82) is 0 Å². The Labute approximate surface area is 59.0 Å². The van der Waals surface area contributed by atoms with Crippen molar-refractivity contribution < 1.29 is 0 Å². The Morgan fingerprint density at radius 3 is 2.00 bits per heavy atom. The van der Waals surface area contributed by atoms with Crippen LogP contribution in [0.5, 0.6) is 0 Å². The van der Waals surface area contributed by atoms with E-state index in [0.717, 1.165) is 5.25 Å². The van der Waals surface area contributed by atoms with Crippen LogP contribution in [0.1, 0.15) is 6.92 Å². The first-order chi connectivity index (χ1) is 1.89. The minimum absolute atomic E-state index is 0. The van der Waals surface area contributed by atoms with Gasteiger partial charge in [0.15, 0.2) is 0 Å². The SMILES string of the molecule is CC1CS1.[NaH]. The van der Waals surface area contributed by atoms with Crippen LogP contribution in [-0.4, -0.2) is 40.6 Å². The molecule has 1 unspecified atom stereocenters. The predicted octanol–water partition coefficient (Wildman–Crippen LogP) is 0.473. The average Bonchev–Trinajstić information content (AvgIpc) is 1.75. The summed E-state index contributed by atoms with van der Waals surface area (Å²) in [5.74, 6) is 1.40. The standard InChI is InChI=1S/C3H6S.Na.H/c1-3-2-4-3;;/h3H,2H2,1H3;;. The number of thioether (sulfide) groups is 1. The molecule has 1 atom stereocenters. The molecular formula is C3H7NaS. The topological polar surface area (TPSA) is 0 Å². The maximum atomic E-state index is 2.24. The summed E-state index contributed by atoms with van der Waals surface area (Å²) >= 11 is 2.02. The summed E-state index contributed by atoms with van der Waals surface area (Å²) in [6, 6.07) is 0. The Balaban J connectivity index is 0.000000160. The van der Waals surface area contributed by atoms with Gasteiger partial charge in [-0.25, -0.2) is 0 Å². The zero-order chi connectivity index (χ0) is 2.99. The van der Waals surface area contributed by atoms with Gasteiger partial charge in [0, 0.05) is 11.0 Å². The Bertz CT molecular complexity index is 26.1. The summed E-state index contributed by atoms with van der Waals surface area (Å²) in [6.45, 7) is 2.24. The fourth-order valence-corrected chi connectivity index (χ4v) is 0.289. The molecule has 0 aliphatic carbocycles. The van der Waals surface area contributed by atoms with Crippen LogP contribution in [0, 0.1) is 0 Å². The van der Waals surface area contributed by atoms with E-state index in [-0.39, 0.29) is 29.6 Å². The molecule has 0 N–H and O–H groups in total. The van der Waals surface area contributed by atoms with Gasteiger partial charge in [0.25, 0.3) is 0 Å². The Kier molecular flexibility index (Phi) is 3.19. The fraction of sp³-hybridized carbons (Fsp3) is 1.00. The van der Waals surface area contributed by atoms with Gasteiger partial charge < -0.3 is 0 Å². The molecule has 0 nitrogen and oxygen atoms in total. The van der Waals surface area contributed by atoms with Crippen LogP contribution in [0.15, 0.2) is 0 Å². The van der Waals surface area contributed by atoms with Crippen molar-refractivity contribution in [2.45, 2.75) is 12.2 Å². The van der Waals surface area contributed by atoms with E-state index in [4.69, 9.17) is 0 Å². The molecule has 1 rings (SSSR count). The third-order valence-corrected chi connectivity index (χ3v) is 1.50. The molecule has 1 heterocycles. The molecule has 0 saturated carbocycles. The van der Waals surface area contributed by atoms with E-state index < -0.39 is 0 Å². The van der Waals surface area contributed by atoms with E-state index in [2.05, 4.69) is 6.92 Å². The second-order valence-electron chi connectivity index (χ2n) is 1.14. The van der Waals surface area contributed by atoms with Crippen LogP contribution in [0.25, 0.3) is 0 Å². The molecule has 0 aromatic carbocycles. The van der Waals surface area contributed by atoms with Gasteiger partial charge in [0.05, 0.1) is 0 Å². The van der Waals surface area contributed by atoms with Gasteiger partial charge in [-0.1, -0.05) is 6.92 Å². The van der Waals surface area contributed by atoms with Crippen molar-refractivity contribution in [1.82, 2.24) is 0 Å². The third-order valence-electron chi connectivity index (χ3n) is 0.500. The first-order valence-corrected chi connectivity index (χ1v) is 2.56. The first kappa shape index (κ1) is 6.35. The van der Waals surface area contributed by atoms with Crippen LogP contribution in [0.4, 0.5) is 0 Å². The van der Waals surface area contributed by atoms with Gasteiger partial charge >= 0.3 is 29.6 Å². The van der Waals surface area contributed by atoms with Crippen molar-refractivity contribution in [3.63, 3.8) is 0 Å². The van der Waals surface area contributed by atoms with Gasteiger partial charge in [0.2, 0.25) is 0 Å². The number of hydrogen-bond acceptors (Lipinski definition) is 1. The molecule has 0 radical (unpaired) electrons. The van der Waals surface area contributed by atoms with Gasteiger partial charge in [-0.15, -0.1) is 0 Å². The van der Waals surface area contributed by atoms with Crippen LogP contribution in [-0.2, 0) is 0 Å². The van der Waals surface area contributed by atoms with E-state index in [1.807, 2.05) is 11.8 Å². The molecule has 0 bridgehead atoms. The number of rotatable bonds is 0. The van der Waals surface area contributed by atoms with Crippen molar-refractivity contribution >= 4 is 41.3 Å². The monoisotopic (exact) mass is 98.0 g/mol. The minimum atomic E-state index is 0.